The van der Waals surface area contributed by atoms with E-state index in [4.69, 9.17) is 30.3 Å². The normalized spacial score (nSPS) is 37.2. The SMILES string of the molecule is C=C(C)[C@H]1CC[C@@]2(C)S[P@@](=S)(OC3[C@@H]4OC[C@]3(CC)O[C@H]4n3cnc4c(NC(=O)c5ccccc5)ncnc43)O[C@@H]2C1. The minimum atomic E-state index is -2.68. The van der Waals surface area contributed by atoms with E-state index in [1.54, 1.807) is 29.8 Å². The molecule has 1 N–H and O–H groups in total. The Morgan fingerprint density at radius 3 is 2.88 bits per heavy atom. The van der Waals surface area contributed by atoms with Crippen molar-refractivity contribution >= 4 is 51.8 Å². The van der Waals surface area contributed by atoms with Crippen molar-refractivity contribution < 1.29 is 23.3 Å². The van der Waals surface area contributed by atoms with Gasteiger partial charge in [-0.2, -0.15) is 0 Å². The highest BCUT2D eigenvalue weighted by Gasteiger charge is 2.65. The number of benzene rings is 1. The van der Waals surface area contributed by atoms with Gasteiger partial charge in [-0.15, -0.1) is 0 Å². The summed E-state index contributed by atoms with van der Waals surface area (Å²) in [5.41, 5.74) is -0.639. The first-order valence-electron chi connectivity index (χ1n) is 14.3. The molecule has 1 unspecified atom stereocenters. The molecule has 1 saturated carbocycles. The lowest BCUT2D eigenvalue weighted by Crippen LogP contribution is -2.40. The second-order valence-corrected chi connectivity index (χ2v) is 18.4. The summed E-state index contributed by atoms with van der Waals surface area (Å²) >= 11 is 7.86. The molecule has 5 heterocycles. The lowest BCUT2D eigenvalue weighted by molar-refractivity contribution is -0.172. The van der Waals surface area contributed by atoms with E-state index in [1.165, 1.54) is 11.9 Å². The van der Waals surface area contributed by atoms with E-state index >= 15 is 0 Å². The average Bonchev–Trinajstić information content (AvgIpc) is 3.70. The summed E-state index contributed by atoms with van der Waals surface area (Å²) in [6.07, 6.45) is 5.45. The first-order valence-corrected chi connectivity index (χ1v) is 18.4. The van der Waals surface area contributed by atoms with Crippen molar-refractivity contribution in [3.8, 4) is 0 Å². The first-order chi connectivity index (χ1) is 20.1. The van der Waals surface area contributed by atoms with Gasteiger partial charge in [0.05, 0.1) is 19.0 Å². The lowest BCUT2D eigenvalue weighted by atomic mass is 9.77. The van der Waals surface area contributed by atoms with Gasteiger partial charge in [-0.25, -0.2) is 15.0 Å². The molecule has 222 valence electrons. The van der Waals surface area contributed by atoms with Crippen molar-refractivity contribution in [3.05, 3.63) is 60.7 Å². The van der Waals surface area contributed by atoms with Crippen molar-refractivity contribution in [2.24, 2.45) is 5.92 Å². The van der Waals surface area contributed by atoms with E-state index in [9.17, 15) is 4.79 Å². The molecular formula is C29H34N5O5PS2. The van der Waals surface area contributed by atoms with Gasteiger partial charge in [-0.05, 0) is 69.4 Å². The number of fused-ring (bicyclic) bond motifs is 4. The van der Waals surface area contributed by atoms with Crippen molar-refractivity contribution in [3.63, 3.8) is 0 Å². The van der Waals surface area contributed by atoms with Gasteiger partial charge in [0.2, 0.25) is 5.69 Å². The maximum atomic E-state index is 12.8. The van der Waals surface area contributed by atoms with Gasteiger partial charge in [0.25, 0.3) is 5.91 Å². The Labute approximate surface area is 253 Å². The molecule has 42 heavy (non-hydrogen) atoms. The quantitative estimate of drug-likeness (QED) is 0.246. The Balaban J connectivity index is 1.14. The Kier molecular flexibility index (Phi) is 7.13. The van der Waals surface area contributed by atoms with Crippen molar-refractivity contribution in [1.82, 2.24) is 19.5 Å². The molecule has 10 nitrogen and oxygen atoms in total. The second-order valence-electron chi connectivity index (χ2n) is 11.9. The molecule has 2 aromatic heterocycles. The molecule has 3 saturated heterocycles. The van der Waals surface area contributed by atoms with Crippen molar-refractivity contribution in [2.75, 3.05) is 11.9 Å². The summed E-state index contributed by atoms with van der Waals surface area (Å²) in [5.74, 6) is 0.496. The number of aromatic nitrogens is 4. The third kappa shape index (κ3) is 4.67. The number of hydrogen-bond acceptors (Lipinski definition) is 10. The minimum absolute atomic E-state index is 0.0388. The number of amides is 1. The zero-order valence-corrected chi connectivity index (χ0v) is 26.3. The summed E-state index contributed by atoms with van der Waals surface area (Å²) in [6.45, 7) is 11.0. The number of nitrogens with one attached hydrogen (secondary N) is 1. The molecule has 1 amide bonds. The molecule has 1 aliphatic carbocycles. The molecule has 2 bridgehead atoms. The topological polar surface area (TPSA) is 110 Å². The Morgan fingerprint density at radius 1 is 1.31 bits per heavy atom. The van der Waals surface area contributed by atoms with Crippen molar-refractivity contribution in [2.45, 2.75) is 81.3 Å². The van der Waals surface area contributed by atoms with Crippen LogP contribution in [0.15, 0.2) is 55.1 Å². The van der Waals surface area contributed by atoms with E-state index in [0.717, 1.165) is 19.3 Å². The number of rotatable bonds is 7. The zero-order valence-electron chi connectivity index (χ0n) is 23.8. The van der Waals surface area contributed by atoms with Crippen LogP contribution in [-0.4, -0.2) is 60.7 Å². The lowest BCUT2D eigenvalue weighted by Gasteiger charge is -2.37. The number of anilines is 1. The third-order valence-electron chi connectivity index (χ3n) is 9.16. The highest BCUT2D eigenvalue weighted by atomic mass is 32.9. The standard InChI is InChI=1S/C29H34N5O5PS2/c1-5-29-14-36-22(23(29)39-40(41)38-20-13-19(17(2)3)11-12-28(20,4)42-40)27(37-29)34-16-32-21-24(30-15-31-25(21)34)33-26(35)18-9-7-6-8-10-18/h6-10,15-16,19-20,22-23,27H,2,5,11-14H2,1,3-4H3,(H,30,31,33,35)/t19-,20+,22-,23?,27+,28+,29-,40+/m0/s1. The fraction of sp³-hybridized carbons (Fsp3) is 0.517. The van der Waals surface area contributed by atoms with E-state index in [2.05, 4.69) is 47.6 Å². The summed E-state index contributed by atoms with van der Waals surface area (Å²) < 4.78 is 28.3. The van der Waals surface area contributed by atoms with E-state index < -0.39 is 29.7 Å². The first kappa shape index (κ1) is 28.6. The Hall–Kier alpha value is -2.18. The van der Waals surface area contributed by atoms with Crippen LogP contribution in [0.4, 0.5) is 5.82 Å². The van der Waals surface area contributed by atoms with Gasteiger partial charge >= 0.3 is 0 Å². The number of allylic oxidation sites excluding steroid dienone is 1. The largest absolute Gasteiger partial charge is 0.368 e. The molecule has 4 fully saturated rings. The van der Waals surface area contributed by atoms with Gasteiger partial charge in [0, 0.05) is 10.3 Å². The van der Waals surface area contributed by atoms with Gasteiger partial charge in [-0.3, -0.25) is 9.36 Å². The smallest absolute Gasteiger partial charge is 0.256 e. The van der Waals surface area contributed by atoms with Crippen LogP contribution in [0.5, 0.6) is 0 Å². The fourth-order valence-corrected chi connectivity index (χ4v) is 14.1. The molecule has 0 radical (unpaired) electrons. The maximum Gasteiger partial charge on any atom is 0.256 e. The molecule has 13 heteroatoms. The molecular weight excluding hydrogens is 593 g/mol. The Morgan fingerprint density at radius 2 is 2.12 bits per heavy atom. The molecule has 3 aliphatic heterocycles. The zero-order chi connectivity index (χ0) is 29.3. The second kappa shape index (κ2) is 10.5. The molecule has 0 spiro atoms. The molecule has 4 aliphatic rings. The van der Waals surface area contributed by atoms with Gasteiger partial charge < -0.3 is 23.8 Å². The third-order valence-corrected chi connectivity index (χ3v) is 14.9. The molecule has 8 atom stereocenters. The number of carbonyl (C=O) groups excluding carboxylic acids is 1. The molecule has 7 rings (SSSR count). The number of carbonyl (C=O) groups is 1. The van der Waals surface area contributed by atoms with Gasteiger partial charge in [-0.1, -0.05) is 48.7 Å². The van der Waals surface area contributed by atoms with Crippen LogP contribution in [0, 0.1) is 5.92 Å². The number of nitrogens with zero attached hydrogens (tertiary/aromatic N) is 4. The van der Waals surface area contributed by atoms with Crippen molar-refractivity contribution in [1.29, 1.82) is 0 Å². The van der Waals surface area contributed by atoms with Gasteiger partial charge in [0.15, 0.2) is 23.2 Å². The fourth-order valence-electron chi connectivity index (χ4n) is 6.58. The maximum absolute atomic E-state index is 12.8. The van der Waals surface area contributed by atoms with Crippen LogP contribution in [-0.2, 0) is 30.3 Å². The van der Waals surface area contributed by atoms with Crippen LogP contribution < -0.4 is 5.32 Å². The monoisotopic (exact) mass is 627 g/mol. The Bertz CT molecular complexity index is 1610. The van der Waals surface area contributed by atoms with Crippen LogP contribution in [0.25, 0.3) is 11.2 Å². The van der Waals surface area contributed by atoms with E-state index in [-0.39, 0.29) is 16.8 Å². The van der Waals surface area contributed by atoms with Crippen LogP contribution >= 0.6 is 17.1 Å². The summed E-state index contributed by atoms with van der Waals surface area (Å²) in [4.78, 5) is 26.2. The highest BCUT2D eigenvalue weighted by molar-refractivity contribution is 8.68. The number of hydrogen-bond donors (Lipinski definition) is 1. The highest BCUT2D eigenvalue weighted by Crippen LogP contribution is 2.77. The number of imidazole rings is 1. The average molecular weight is 628 g/mol. The molecule has 1 aromatic carbocycles. The number of ether oxygens (including phenoxy) is 2. The van der Waals surface area contributed by atoms with E-state index in [0.29, 0.717) is 41.5 Å². The summed E-state index contributed by atoms with van der Waals surface area (Å²) in [5, 5.41) is 2.86. The minimum Gasteiger partial charge on any atom is -0.368 e. The predicted octanol–water partition coefficient (Wildman–Crippen LogP) is 6.03. The predicted molar refractivity (Wildman–Crippen MR) is 165 cm³/mol. The van der Waals surface area contributed by atoms with Crippen LogP contribution in [0.3, 0.4) is 0 Å². The summed E-state index contributed by atoms with van der Waals surface area (Å²) in [7, 11) is 0. The van der Waals surface area contributed by atoms with E-state index in [1.807, 2.05) is 22.8 Å². The summed E-state index contributed by atoms with van der Waals surface area (Å²) in [6, 6.07) is 8.97. The molecule has 3 aromatic rings. The van der Waals surface area contributed by atoms with Crippen LogP contribution in [0.2, 0.25) is 0 Å². The van der Waals surface area contributed by atoms with Crippen LogP contribution in [0.1, 0.15) is 63.0 Å². The van der Waals surface area contributed by atoms with Gasteiger partial charge in [0.1, 0.15) is 24.1 Å².